The molecule has 0 spiro atoms. The van der Waals surface area contributed by atoms with Gasteiger partial charge in [0.05, 0.1) is 11.3 Å². The van der Waals surface area contributed by atoms with E-state index in [9.17, 15) is 9.59 Å². The molecule has 0 aliphatic carbocycles. The number of amides is 2. The van der Waals surface area contributed by atoms with Crippen LogP contribution in [0.4, 0.5) is 17.1 Å². The quantitative estimate of drug-likeness (QED) is 0.511. The Kier molecular flexibility index (Phi) is 5.53. The van der Waals surface area contributed by atoms with E-state index in [4.69, 9.17) is 0 Å². The molecule has 0 atom stereocenters. The Morgan fingerprint density at radius 1 is 0.781 bits per heavy atom. The summed E-state index contributed by atoms with van der Waals surface area (Å²) in [5.41, 5.74) is 3.46. The molecule has 1 aromatic heterocycles. The SMILES string of the molecule is CN(C1=C(c2cccs2)C(=O)N(c2ccc(N3CCCCC3)cc2)C1=O)c1ccccc1. The van der Waals surface area contributed by atoms with Crippen molar-refractivity contribution >= 4 is 45.8 Å². The van der Waals surface area contributed by atoms with Gasteiger partial charge < -0.3 is 9.80 Å². The van der Waals surface area contributed by atoms with Crippen molar-refractivity contribution in [2.45, 2.75) is 19.3 Å². The third-order valence-electron chi connectivity index (χ3n) is 6.14. The largest absolute Gasteiger partial charge is 0.372 e. The van der Waals surface area contributed by atoms with Crippen LogP contribution in [0.2, 0.25) is 0 Å². The summed E-state index contributed by atoms with van der Waals surface area (Å²) in [5.74, 6) is -0.573. The molecule has 162 valence electrons. The molecule has 6 heteroatoms. The van der Waals surface area contributed by atoms with Gasteiger partial charge in [-0.1, -0.05) is 24.3 Å². The minimum Gasteiger partial charge on any atom is -0.372 e. The lowest BCUT2D eigenvalue weighted by Crippen LogP contribution is -2.34. The zero-order valence-corrected chi connectivity index (χ0v) is 18.8. The van der Waals surface area contributed by atoms with Gasteiger partial charge in [-0.25, -0.2) is 4.90 Å². The molecule has 2 aliphatic rings. The fourth-order valence-corrected chi connectivity index (χ4v) is 5.21. The lowest BCUT2D eigenvalue weighted by atomic mass is 10.1. The van der Waals surface area contributed by atoms with Crippen LogP contribution in [0.5, 0.6) is 0 Å². The number of carbonyl (C=O) groups excluding carboxylic acids is 2. The second-order valence-corrected chi connectivity index (χ2v) is 9.05. The molecule has 2 aromatic carbocycles. The lowest BCUT2D eigenvalue weighted by molar-refractivity contribution is -0.120. The summed E-state index contributed by atoms with van der Waals surface area (Å²) in [7, 11) is 1.84. The summed E-state index contributed by atoms with van der Waals surface area (Å²) in [6.07, 6.45) is 3.68. The third-order valence-corrected chi connectivity index (χ3v) is 7.02. The van der Waals surface area contributed by atoms with E-state index >= 15 is 0 Å². The highest BCUT2D eigenvalue weighted by atomic mass is 32.1. The first kappa shape index (κ1) is 20.5. The molecule has 5 rings (SSSR count). The number of hydrogen-bond acceptors (Lipinski definition) is 5. The van der Waals surface area contributed by atoms with Crippen LogP contribution in [0.15, 0.2) is 77.8 Å². The summed E-state index contributed by atoms with van der Waals surface area (Å²) < 4.78 is 0. The summed E-state index contributed by atoms with van der Waals surface area (Å²) in [6.45, 7) is 2.11. The Labute approximate surface area is 192 Å². The van der Waals surface area contributed by atoms with Gasteiger partial charge in [-0.3, -0.25) is 9.59 Å². The molecular weight excluding hydrogens is 418 g/mol. The Bertz CT molecular complexity index is 1150. The molecule has 1 fully saturated rings. The van der Waals surface area contributed by atoms with Gasteiger partial charge in [0.15, 0.2) is 0 Å². The highest BCUT2D eigenvalue weighted by Crippen LogP contribution is 2.38. The van der Waals surface area contributed by atoms with E-state index in [2.05, 4.69) is 4.90 Å². The van der Waals surface area contributed by atoms with Crippen LogP contribution in [-0.4, -0.2) is 32.0 Å². The molecule has 2 aliphatic heterocycles. The minimum absolute atomic E-state index is 0.277. The third kappa shape index (κ3) is 3.60. The Morgan fingerprint density at radius 3 is 2.12 bits per heavy atom. The molecule has 32 heavy (non-hydrogen) atoms. The predicted octanol–water partition coefficient (Wildman–Crippen LogP) is 5.16. The van der Waals surface area contributed by atoms with E-state index < -0.39 is 0 Å². The van der Waals surface area contributed by atoms with Gasteiger partial charge in [0.2, 0.25) is 0 Å². The van der Waals surface area contributed by atoms with Crippen LogP contribution in [0.3, 0.4) is 0 Å². The van der Waals surface area contributed by atoms with E-state index in [1.807, 2.05) is 84.1 Å². The van der Waals surface area contributed by atoms with Crippen LogP contribution in [0, 0.1) is 0 Å². The smallest absolute Gasteiger partial charge is 0.282 e. The first-order chi connectivity index (χ1) is 15.6. The van der Waals surface area contributed by atoms with Crippen LogP contribution in [-0.2, 0) is 9.59 Å². The number of benzene rings is 2. The molecule has 2 amide bonds. The predicted molar refractivity (Wildman–Crippen MR) is 131 cm³/mol. The van der Waals surface area contributed by atoms with Crippen LogP contribution < -0.4 is 14.7 Å². The zero-order valence-electron chi connectivity index (χ0n) is 18.0. The molecule has 0 unspecified atom stereocenters. The van der Waals surface area contributed by atoms with Crippen LogP contribution >= 0.6 is 11.3 Å². The number of carbonyl (C=O) groups is 2. The summed E-state index contributed by atoms with van der Waals surface area (Å²) in [4.78, 5) is 33.5. The maximum Gasteiger partial charge on any atom is 0.282 e. The average molecular weight is 444 g/mol. The average Bonchev–Trinajstić information content (AvgIpc) is 3.46. The van der Waals surface area contributed by atoms with Crippen molar-refractivity contribution in [2.24, 2.45) is 0 Å². The number of anilines is 3. The molecule has 0 bridgehead atoms. The normalized spacial score (nSPS) is 16.8. The Balaban J connectivity index is 1.51. The van der Waals surface area contributed by atoms with Gasteiger partial charge in [0, 0.05) is 36.4 Å². The molecule has 0 saturated carbocycles. The number of para-hydroxylation sites is 1. The van der Waals surface area contributed by atoms with Crippen molar-refractivity contribution in [2.75, 3.05) is 34.8 Å². The van der Waals surface area contributed by atoms with Crippen molar-refractivity contribution in [3.05, 3.63) is 82.7 Å². The van der Waals surface area contributed by atoms with Crippen LogP contribution in [0.1, 0.15) is 24.1 Å². The van der Waals surface area contributed by atoms with Crippen molar-refractivity contribution in [1.82, 2.24) is 0 Å². The standard InChI is InChI=1S/C26H25N3O2S/c1-27(19-9-4-2-5-10-19)24-23(22-11-8-18-32-22)25(30)29(26(24)31)21-14-12-20(13-15-21)28-16-6-3-7-17-28/h2,4-5,8-15,18H,3,6-7,16-17H2,1H3. The lowest BCUT2D eigenvalue weighted by Gasteiger charge is -2.29. The van der Waals surface area contributed by atoms with Gasteiger partial charge in [-0.15, -0.1) is 11.3 Å². The number of hydrogen-bond donors (Lipinski definition) is 0. The van der Waals surface area contributed by atoms with E-state index in [0.717, 1.165) is 29.3 Å². The van der Waals surface area contributed by atoms with Crippen molar-refractivity contribution in [3.8, 4) is 0 Å². The first-order valence-electron chi connectivity index (χ1n) is 11.0. The highest BCUT2D eigenvalue weighted by Gasteiger charge is 2.42. The summed E-state index contributed by atoms with van der Waals surface area (Å²) in [5, 5.41) is 1.93. The van der Waals surface area contributed by atoms with Gasteiger partial charge in [-0.05, 0) is 67.1 Å². The topological polar surface area (TPSA) is 43.9 Å². The second kappa shape index (κ2) is 8.63. The number of imide groups is 1. The van der Waals surface area contributed by atoms with Gasteiger partial charge in [-0.2, -0.15) is 0 Å². The van der Waals surface area contributed by atoms with Gasteiger partial charge in [0.1, 0.15) is 5.70 Å². The molecule has 0 radical (unpaired) electrons. The number of nitrogens with zero attached hydrogens (tertiary/aromatic N) is 3. The fraction of sp³-hybridized carbons (Fsp3) is 0.231. The summed E-state index contributed by atoms with van der Waals surface area (Å²) in [6, 6.07) is 21.3. The summed E-state index contributed by atoms with van der Waals surface area (Å²) >= 11 is 1.47. The van der Waals surface area contributed by atoms with Gasteiger partial charge in [0.25, 0.3) is 11.8 Å². The van der Waals surface area contributed by atoms with Crippen molar-refractivity contribution < 1.29 is 9.59 Å². The second-order valence-electron chi connectivity index (χ2n) is 8.11. The number of thiophene rings is 1. The van der Waals surface area contributed by atoms with Crippen molar-refractivity contribution in [3.63, 3.8) is 0 Å². The number of piperidine rings is 1. The van der Waals surface area contributed by atoms with E-state index in [1.165, 1.54) is 35.5 Å². The molecule has 0 N–H and O–H groups in total. The molecular formula is C26H25N3O2S. The molecule has 3 heterocycles. The zero-order chi connectivity index (χ0) is 22.1. The maximum atomic E-state index is 13.6. The maximum absolute atomic E-state index is 13.6. The minimum atomic E-state index is -0.296. The van der Waals surface area contributed by atoms with E-state index in [1.54, 1.807) is 0 Å². The Morgan fingerprint density at radius 2 is 1.47 bits per heavy atom. The molecule has 1 saturated heterocycles. The van der Waals surface area contributed by atoms with Crippen molar-refractivity contribution in [1.29, 1.82) is 0 Å². The fourth-order valence-electron chi connectivity index (χ4n) is 4.45. The van der Waals surface area contributed by atoms with E-state index in [0.29, 0.717) is 17.0 Å². The monoisotopic (exact) mass is 443 g/mol. The van der Waals surface area contributed by atoms with E-state index in [-0.39, 0.29) is 11.8 Å². The Hall–Kier alpha value is -3.38. The highest BCUT2D eigenvalue weighted by molar-refractivity contribution is 7.11. The van der Waals surface area contributed by atoms with Crippen LogP contribution in [0.25, 0.3) is 5.57 Å². The molecule has 5 nitrogen and oxygen atoms in total. The molecule has 3 aromatic rings. The number of rotatable bonds is 5. The van der Waals surface area contributed by atoms with Gasteiger partial charge >= 0.3 is 0 Å². The first-order valence-corrected chi connectivity index (χ1v) is 11.8. The number of likely N-dealkylation sites (N-methyl/N-ethyl adjacent to an activating group) is 1.